The first-order valence-electron chi connectivity index (χ1n) is 5.34. The van der Waals surface area contributed by atoms with Gasteiger partial charge in [0.15, 0.2) is 0 Å². The Bertz CT molecular complexity index is 680. The predicted molar refractivity (Wildman–Crippen MR) is 66.6 cm³/mol. The van der Waals surface area contributed by atoms with E-state index < -0.39 is 0 Å². The molecule has 0 aliphatic heterocycles. The Morgan fingerprint density at radius 2 is 1.71 bits per heavy atom. The quantitative estimate of drug-likeness (QED) is 0.688. The second-order valence-corrected chi connectivity index (χ2v) is 3.79. The van der Waals surface area contributed by atoms with Crippen LogP contribution in [0.15, 0.2) is 54.9 Å². The summed E-state index contributed by atoms with van der Waals surface area (Å²) in [7, 11) is 0. The SMILES string of the molecule is Oc1ncccc1-c1ccc2cccnc2c1. The number of aromatic hydroxyl groups is 1. The summed E-state index contributed by atoms with van der Waals surface area (Å²) < 4.78 is 0. The van der Waals surface area contributed by atoms with Gasteiger partial charge in [-0.1, -0.05) is 18.2 Å². The van der Waals surface area contributed by atoms with Crippen molar-refractivity contribution in [3.05, 3.63) is 54.9 Å². The zero-order chi connectivity index (χ0) is 11.7. The molecule has 3 nitrogen and oxygen atoms in total. The average molecular weight is 222 g/mol. The van der Waals surface area contributed by atoms with Crippen LogP contribution in [-0.4, -0.2) is 15.1 Å². The van der Waals surface area contributed by atoms with Crippen molar-refractivity contribution in [3.63, 3.8) is 0 Å². The van der Waals surface area contributed by atoms with Crippen LogP contribution in [0.1, 0.15) is 0 Å². The molecular formula is C14H10N2O. The number of pyridine rings is 2. The summed E-state index contributed by atoms with van der Waals surface area (Å²) in [5, 5.41) is 10.8. The molecule has 1 aromatic carbocycles. The molecule has 1 N–H and O–H groups in total. The molecule has 3 heteroatoms. The Morgan fingerprint density at radius 3 is 2.59 bits per heavy atom. The number of fused-ring (bicyclic) bond motifs is 1. The Labute approximate surface area is 98.4 Å². The molecule has 0 saturated heterocycles. The maximum Gasteiger partial charge on any atom is 0.218 e. The summed E-state index contributed by atoms with van der Waals surface area (Å²) in [6.07, 6.45) is 3.33. The molecule has 0 aliphatic carbocycles. The first kappa shape index (κ1) is 9.78. The first-order chi connectivity index (χ1) is 8.34. The minimum atomic E-state index is 0.0442. The lowest BCUT2D eigenvalue weighted by Crippen LogP contribution is -1.83. The number of aromatic nitrogens is 2. The van der Waals surface area contributed by atoms with E-state index in [1.165, 1.54) is 0 Å². The molecule has 2 aromatic heterocycles. The molecule has 0 atom stereocenters. The van der Waals surface area contributed by atoms with Crippen molar-refractivity contribution in [1.29, 1.82) is 0 Å². The van der Waals surface area contributed by atoms with Gasteiger partial charge in [-0.05, 0) is 29.8 Å². The fourth-order valence-corrected chi connectivity index (χ4v) is 1.86. The summed E-state index contributed by atoms with van der Waals surface area (Å²) in [5.74, 6) is 0.0442. The maximum atomic E-state index is 9.70. The standard InChI is InChI=1S/C14H10N2O/c17-14-12(4-2-8-16-14)11-6-5-10-3-1-7-15-13(10)9-11/h1-9H,(H,16,17). The lowest BCUT2D eigenvalue weighted by molar-refractivity contribution is 0.455. The van der Waals surface area contributed by atoms with Crippen LogP contribution in [0.4, 0.5) is 0 Å². The van der Waals surface area contributed by atoms with Crippen molar-refractivity contribution in [2.45, 2.75) is 0 Å². The van der Waals surface area contributed by atoms with E-state index in [1.54, 1.807) is 18.5 Å². The predicted octanol–water partition coefficient (Wildman–Crippen LogP) is 3.00. The van der Waals surface area contributed by atoms with Crippen molar-refractivity contribution < 1.29 is 5.11 Å². The van der Waals surface area contributed by atoms with Crippen LogP contribution in [0.3, 0.4) is 0 Å². The molecular weight excluding hydrogens is 212 g/mol. The first-order valence-corrected chi connectivity index (χ1v) is 5.34. The molecule has 0 saturated carbocycles. The molecule has 0 radical (unpaired) electrons. The lowest BCUT2D eigenvalue weighted by atomic mass is 10.1. The summed E-state index contributed by atoms with van der Waals surface area (Å²) in [6, 6.07) is 13.5. The normalized spacial score (nSPS) is 10.6. The van der Waals surface area contributed by atoms with Gasteiger partial charge >= 0.3 is 0 Å². The van der Waals surface area contributed by atoms with E-state index in [0.717, 1.165) is 22.0 Å². The minimum absolute atomic E-state index is 0.0442. The summed E-state index contributed by atoms with van der Waals surface area (Å²) in [5.41, 5.74) is 2.55. The maximum absolute atomic E-state index is 9.70. The van der Waals surface area contributed by atoms with Gasteiger partial charge in [0.25, 0.3) is 0 Å². The van der Waals surface area contributed by atoms with E-state index in [9.17, 15) is 5.11 Å². The van der Waals surface area contributed by atoms with Crippen LogP contribution in [0.2, 0.25) is 0 Å². The van der Waals surface area contributed by atoms with Gasteiger partial charge in [-0.15, -0.1) is 0 Å². The van der Waals surface area contributed by atoms with Crippen molar-refractivity contribution in [2.24, 2.45) is 0 Å². The highest BCUT2D eigenvalue weighted by molar-refractivity contribution is 5.84. The number of hydrogen-bond donors (Lipinski definition) is 1. The number of benzene rings is 1. The number of nitrogens with zero attached hydrogens (tertiary/aromatic N) is 2. The Kier molecular flexibility index (Phi) is 2.22. The van der Waals surface area contributed by atoms with Gasteiger partial charge in [-0.25, -0.2) is 4.98 Å². The Morgan fingerprint density at radius 1 is 0.882 bits per heavy atom. The molecule has 0 unspecified atom stereocenters. The van der Waals surface area contributed by atoms with Crippen LogP contribution < -0.4 is 0 Å². The van der Waals surface area contributed by atoms with E-state index in [2.05, 4.69) is 9.97 Å². The molecule has 17 heavy (non-hydrogen) atoms. The summed E-state index contributed by atoms with van der Waals surface area (Å²) in [6.45, 7) is 0. The van der Waals surface area contributed by atoms with Crippen LogP contribution in [0.25, 0.3) is 22.0 Å². The zero-order valence-corrected chi connectivity index (χ0v) is 9.04. The van der Waals surface area contributed by atoms with E-state index in [1.807, 2.05) is 36.4 Å². The van der Waals surface area contributed by atoms with E-state index in [4.69, 9.17) is 0 Å². The fourth-order valence-electron chi connectivity index (χ4n) is 1.86. The highest BCUT2D eigenvalue weighted by Gasteiger charge is 2.05. The Hall–Kier alpha value is -2.42. The van der Waals surface area contributed by atoms with Gasteiger partial charge < -0.3 is 5.11 Å². The molecule has 3 rings (SSSR count). The van der Waals surface area contributed by atoms with Gasteiger partial charge in [-0.3, -0.25) is 4.98 Å². The second-order valence-electron chi connectivity index (χ2n) is 3.79. The third-order valence-electron chi connectivity index (χ3n) is 2.70. The number of hydrogen-bond acceptors (Lipinski definition) is 3. The third-order valence-corrected chi connectivity index (χ3v) is 2.70. The van der Waals surface area contributed by atoms with Crippen LogP contribution in [0, 0.1) is 0 Å². The molecule has 0 bridgehead atoms. The van der Waals surface area contributed by atoms with Crippen molar-refractivity contribution in [3.8, 4) is 17.0 Å². The summed E-state index contributed by atoms with van der Waals surface area (Å²) in [4.78, 5) is 8.17. The Balaban J connectivity index is 2.22. The van der Waals surface area contributed by atoms with Crippen LogP contribution in [0.5, 0.6) is 5.88 Å². The highest BCUT2D eigenvalue weighted by atomic mass is 16.3. The molecule has 0 spiro atoms. The van der Waals surface area contributed by atoms with Gasteiger partial charge in [0, 0.05) is 23.3 Å². The molecule has 2 heterocycles. The highest BCUT2D eigenvalue weighted by Crippen LogP contribution is 2.28. The third kappa shape index (κ3) is 1.72. The van der Waals surface area contributed by atoms with Crippen LogP contribution >= 0.6 is 0 Å². The number of rotatable bonds is 1. The lowest BCUT2D eigenvalue weighted by Gasteiger charge is -2.04. The minimum Gasteiger partial charge on any atom is -0.493 e. The molecule has 0 aliphatic rings. The summed E-state index contributed by atoms with van der Waals surface area (Å²) >= 11 is 0. The van der Waals surface area contributed by atoms with Gasteiger partial charge in [0.1, 0.15) is 0 Å². The molecule has 3 aromatic rings. The van der Waals surface area contributed by atoms with E-state index >= 15 is 0 Å². The van der Waals surface area contributed by atoms with Gasteiger partial charge in [0.05, 0.1) is 5.52 Å². The second kappa shape index (κ2) is 3.87. The van der Waals surface area contributed by atoms with Gasteiger partial charge in [0.2, 0.25) is 5.88 Å². The topological polar surface area (TPSA) is 46.0 Å². The largest absolute Gasteiger partial charge is 0.493 e. The average Bonchev–Trinajstić information content (AvgIpc) is 2.39. The zero-order valence-electron chi connectivity index (χ0n) is 9.04. The van der Waals surface area contributed by atoms with E-state index in [-0.39, 0.29) is 5.88 Å². The molecule has 82 valence electrons. The van der Waals surface area contributed by atoms with E-state index in [0.29, 0.717) is 0 Å². The van der Waals surface area contributed by atoms with Crippen molar-refractivity contribution in [1.82, 2.24) is 9.97 Å². The van der Waals surface area contributed by atoms with Crippen molar-refractivity contribution >= 4 is 10.9 Å². The van der Waals surface area contributed by atoms with Crippen LogP contribution in [-0.2, 0) is 0 Å². The van der Waals surface area contributed by atoms with Crippen molar-refractivity contribution in [2.75, 3.05) is 0 Å². The fraction of sp³-hybridized carbons (Fsp3) is 0. The smallest absolute Gasteiger partial charge is 0.218 e. The molecule has 0 fully saturated rings. The monoisotopic (exact) mass is 222 g/mol. The van der Waals surface area contributed by atoms with Gasteiger partial charge in [-0.2, -0.15) is 0 Å². The molecule has 0 amide bonds.